The highest BCUT2D eigenvalue weighted by Crippen LogP contribution is 2.22. The van der Waals surface area contributed by atoms with Crippen LogP contribution in [0, 0.1) is 0 Å². The van der Waals surface area contributed by atoms with E-state index in [4.69, 9.17) is 10.2 Å². The van der Waals surface area contributed by atoms with Crippen molar-refractivity contribution in [3.63, 3.8) is 0 Å². The molecule has 2 heteroatoms. The molecular weight excluding hydrogens is 392 g/mol. The maximum absolute atomic E-state index is 9.13. The van der Waals surface area contributed by atoms with E-state index in [1.54, 1.807) is 24.3 Å². The van der Waals surface area contributed by atoms with Crippen LogP contribution in [-0.4, -0.2) is 10.2 Å². The first-order valence-electron chi connectivity index (χ1n) is 11.2. The lowest BCUT2D eigenvalue weighted by Gasteiger charge is -2.06. The lowest BCUT2D eigenvalue weighted by molar-refractivity contribution is 0.475. The largest absolute Gasteiger partial charge is 0.508 e. The maximum atomic E-state index is 9.13. The molecule has 0 aliphatic rings. The van der Waals surface area contributed by atoms with E-state index in [1.807, 2.05) is 44.2 Å². The van der Waals surface area contributed by atoms with Crippen LogP contribution < -0.4 is 0 Å². The van der Waals surface area contributed by atoms with Crippen molar-refractivity contribution in [2.24, 2.45) is 0 Å². The molecule has 0 fully saturated rings. The predicted octanol–water partition coefficient (Wildman–Crippen LogP) is 8.19. The Morgan fingerprint density at radius 3 is 1.34 bits per heavy atom. The van der Waals surface area contributed by atoms with Crippen molar-refractivity contribution in [1.82, 2.24) is 0 Å². The first-order chi connectivity index (χ1) is 15.5. The van der Waals surface area contributed by atoms with E-state index in [9.17, 15) is 0 Å². The van der Waals surface area contributed by atoms with Crippen LogP contribution in [0.1, 0.15) is 50.3 Å². The van der Waals surface area contributed by atoms with Crippen molar-refractivity contribution in [3.05, 3.63) is 120 Å². The van der Waals surface area contributed by atoms with Gasteiger partial charge in [0.05, 0.1) is 0 Å². The minimum atomic E-state index is 0.282. The molecule has 0 atom stereocenters. The van der Waals surface area contributed by atoms with E-state index < -0.39 is 0 Å². The summed E-state index contributed by atoms with van der Waals surface area (Å²) in [4.78, 5) is 0. The average Bonchev–Trinajstić information content (AvgIpc) is 2.84. The molecule has 0 unspecified atom stereocenters. The van der Waals surface area contributed by atoms with Crippen molar-refractivity contribution in [2.45, 2.75) is 40.0 Å². The lowest BCUT2D eigenvalue weighted by Crippen LogP contribution is -1.86. The summed E-state index contributed by atoms with van der Waals surface area (Å²) in [6, 6.07) is 33.6. The Labute approximate surface area is 192 Å². The molecule has 4 rings (SSSR count). The zero-order valence-corrected chi connectivity index (χ0v) is 19.5. The first kappa shape index (κ1) is 24.7. The number of phenols is 2. The molecule has 0 bridgehead atoms. The van der Waals surface area contributed by atoms with Crippen LogP contribution in [0.25, 0.3) is 11.1 Å². The van der Waals surface area contributed by atoms with E-state index >= 15 is 0 Å². The van der Waals surface area contributed by atoms with Crippen LogP contribution in [0.2, 0.25) is 0 Å². The van der Waals surface area contributed by atoms with Gasteiger partial charge in [-0.05, 0) is 64.4 Å². The molecule has 4 aromatic rings. The highest BCUT2D eigenvalue weighted by atomic mass is 16.3. The summed E-state index contributed by atoms with van der Waals surface area (Å²) in [7, 11) is 0. The van der Waals surface area contributed by atoms with Crippen molar-refractivity contribution in [1.29, 1.82) is 0 Å². The molecule has 0 aliphatic heterocycles. The molecule has 4 aromatic carbocycles. The van der Waals surface area contributed by atoms with E-state index in [0.29, 0.717) is 5.92 Å². The number of aromatic hydroxyl groups is 2. The van der Waals surface area contributed by atoms with Gasteiger partial charge < -0.3 is 10.2 Å². The third kappa shape index (κ3) is 7.96. The Balaban J connectivity index is 0.000000211. The third-order valence-electron chi connectivity index (χ3n) is 4.97. The molecule has 0 heterocycles. The summed E-state index contributed by atoms with van der Waals surface area (Å²) < 4.78 is 0. The van der Waals surface area contributed by atoms with Gasteiger partial charge in [-0.3, -0.25) is 0 Å². The fraction of sp³-hybridized carbons (Fsp3) is 0.200. The number of phenolic OH excluding ortho intramolecular Hbond substituents is 2. The summed E-state index contributed by atoms with van der Waals surface area (Å²) in [5.41, 5.74) is 6.25. The van der Waals surface area contributed by atoms with Gasteiger partial charge in [-0.15, -0.1) is 0 Å². The lowest BCUT2D eigenvalue weighted by atomic mass is 9.99. The highest BCUT2D eigenvalue weighted by Gasteiger charge is 2.00. The Hall–Kier alpha value is -3.52. The maximum Gasteiger partial charge on any atom is 0.115 e. The van der Waals surface area contributed by atoms with Gasteiger partial charge in [-0.1, -0.05) is 107 Å². The van der Waals surface area contributed by atoms with E-state index in [2.05, 4.69) is 62.4 Å². The summed E-state index contributed by atoms with van der Waals surface area (Å²) >= 11 is 0. The molecule has 0 radical (unpaired) electrons. The van der Waals surface area contributed by atoms with Crippen molar-refractivity contribution < 1.29 is 10.2 Å². The van der Waals surface area contributed by atoms with Crippen LogP contribution in [0.4, 0.5) is 0 Å². The minimum Gasteiger partial charge on any atom is -0.508 e. The second kappa shape index (κ2) is 13.0. The molecule has 0 amide bonds. The van der Waals surface area contributed by atoms with Gasteiger partial charge in [0.2, 0.25) is 0 Å². The molecule has 166 valence electrons. The molecule has 0 aliphatic carbocycles. The molecule has 0 saturated carbocycles. The SMILES string of the molecule is CC.CC(C)c1ccc(-c2ccccc2)cc1.Oc1ccc(Cc2ccc(O)cc2)cc1. The molecular formula is C30H34O2. The van der Waals surface area contributed by atoms with Gasteiger partial charge in [0.25, 0.3) is 0 Å². The summed E-state index contributed by atoms with van der Waals surface area (Å²) in [5.74, 6) is 1.17. The van der Waals surface area contributed by atoms with Crippen molar-refractivity contribution in [2.75, 3.05) is 0 Å². The van der Waals surface area contributed by atoms with Gasteiger partial charge >= 0.3 is 0 Å². The van der Waals surface area contributed by atoms with Crippen molar-refractivity contribution in [3.8, 4) is 22.6 Å². The number of hydrogen-bond donors (Lipinski definition) is 2. The zero-order chi connectivity index (χ0) is 23.3. The standard InChI is InChI=1S/C15H16.C13H12O2.C2H6/c1-12(2)13-8-10-15(11-9-13)14-6-4-3-5-7-14;14-12-5-1-10(2-6-12)9-11-3-7-13(15)8-4-11;1-2/h3-12H,1-2H3;1-8,14-15H,9H2;1-2H3. The van der Waals surface area contributed by atoms with Crippen LogP contribution in [0.15, 0.2) is 103 Å². The van der Waals surface area contributed by atoms with E-state index in [0.717, 1.165) is 17.5 Å². The number of hydrogen-bond acceptors (Lipinski definition) is 2. The Kier molecular flexibility index (Phi) is 10.1. The second-order valence-electron chi connectivity index (χ2n) is 7.65. The van der Waals surface area contributed by atoms with E-state index in [1.165, 1.54) is 16.7 Å². The molecule has 2 nitrogen and oxygen atoms in total. The van der Waals surface area contributed by atoms with Gasteiger partial charge in [0.1, 0.15) is 11.5 Å². The fourth-order valence-electron chi connectivity index (χ4n) is 3.15. The fourth-order valence-corrected chi connectivity index (χ4v) is 3.15. The first-order valence-corrected chi connectivity index (χ1v) is 11.2. The van der Waals surface area contributed by atoms with Gasteiger partial charge in [-0.25, -0.2) is 0 Å². The quantitative estimate of drug-likeness (QED) is 0.345. The molecule has 0 saturated heterocycles. The normalized spacial score (nSPS) is 9.91. The van der Waals surface area contributed by atoms with Crippen LogP contribution in [-0.2, 0) is 6.42 Å². The topological polar surface area (TPSA) is 40.5 Å². The smallest absolute Gasteiger partial charge is 0.115 e. The van der Waals surface area contributed by atoms with Gasteiger partial charge in [0.15, 0.2) is 0 Å². The highest BCUT2D eigenvalue weighted by molar-refractivity contribution is 5.63. The summed E-state index contributed by atoms with van der Waals surface area (Å²) in [6.45, 7) is 8.44. The van der Waals surface area contributed by atoms with Gasteiger partial charge in [-0.2, -0.15) is 0 Å². The monoisotopic (exact) mass is 426 g/mol. The summed E-state index contributed by atoms with van der Waals surface area (Å²) in [5, 5.41) is 18.3. The Morgan fingerprint density at radius 1 is 0.531 bits per heavy atom. The zero-order valence-electron chi connectivity index (χ0n) is 19.5. The Bertz CT molecular complexity index is 973. The second-order valence-corrected chi connectivity index (χ2v) is 7.65. The predicted molar refractivity (Wildman–Crippen MR) is 136 cm³/mol. The third-order valence-corrected chi connectivity index (χ3v) is 4.97. The molecule has 32 heavy (non-hydrogen) atoms. The number of rotatable bonds is 4. The van der Waals surface area contributed by atoms with Crippen LogP contribution in [0.5, 0.6) is 11.5 Å². The summed E-state index contributed by atoms with van der Waals surface area (Å²) in [6.07, 6.45) is 0.806. The molecule has 0 spiro atoms. The van der Waals surface area contributed by atoms with Gasteiger partial charge in [0, 0.05) is 0 Å². The van der Waals surface area contributed by atoms with E-state index in [-0.39, 0.29) is 11.5 Å². The molecule has 0 aromatic heterocycles. The Morgan fingerprint density at radius 2 is 0.938 bits per heavy atom. The number of benzene rings is 4. The van der Waals surface area contributed by atoms with Crippen molar-refractivity contribution >= 4 is 0 Å². The average molecular weight is 427 g/mol. The van der Waals surface area contributed by atoms with Crippen LogP contribution in [0.3, 0.4) is 0 Å². The minimum absolute atomic E-state index is 0.282. The molecule has 2 N–H and O–H groups in total. The van der Waals surface area contributed by atoms with Crippen LogP contribution >= 0.6 is 0 Å².